The Balaban J connectivity index is 0.00000338. The van der Waals surface area contributed by atoms with Crippen LogP contribution in [0.5, 0.6) is 17.4 Å². The Bertz CT molecular complexity index is 672. The lowest BCUT2D eigenvalue weighted by Gasteiger charge is -2.12. The fraction of sp³-hybridized carbons (Fsp3) is 0.400. The molecule has 1 heterocycles. The lowest BCUT2D eigenvalue weighted by Crippen LogP contribution is -2.30. The Morgan fingerprint density at radius 1 is 1.12 bits per heavy atom. The number of amides is 1. The molecule has 5 heteroatoms. The van der Waals surface area contributed by atoms with Crippen LogP contribution in [-0.2, 0) is 11.2 Å². The molecule has 1 aromatic heterocycles. The first kappa shape index (κ1) is 18.8. The smallest absolute Gasteiger partial charge is 0.217 e. The normalized spacial score (nSPS) is 11.9. The molecule has 1 N–H and O–H groups in total. The van der Waals surface area contributed by atoms with Gasteiger partial charge in [-0.3, -0.25) is 4.79 Å². The Hall–Kier alpha value is -2.56. The quantitative estimate of drug-likeness (QED) is 0.773. The Morgan fingerprint density at radius 3 is 2.36 bits per heavy atom. The van der Waals surface area contributed by atoms with Crippen molar-refractivity contribution in [3.05, 3.63) is 48.2 Å². The molecule has 1 atom stereocenters. The predicted molar refractivity (Wildman–Crippen MR) is 100 cm³/mol. The number of carbonyl (C=O) groups is 1. The molecular weight excluding hydrogens is 316 g/mol. The van der Waals surface area contributed by atoms with Gasteiger partial charge in [-0.25, -0.2) is 4.98 Å². The van der Waals surface area contributed by atoms with E-state index in [2.05, 4.69) is 10.3 Å². The van der Waals surface area contributed by atoms with Crippen LogP contribution in [0.1, 0.15) is 41.1 Å². The summed E-state index contributed by atoms with van der Waals surface area (Å²) in [7, 11) is 0. The highest BCUT2D eigenvalue weighted by Crippen LogP contribution is 2.23. The molecule has 0 aliphatic carbocycles. The summed E-state index contributed by atoms with van der Waals surface area (Å²) in [6.07, 6.45) is 3.56. The number of rotatable bonds is 8. The van der Waals surface area contributed by atoms with Gasteiger partial charge in [0.15, 0.2) is 0 Å². The molecule has 0 bridgehead atoms. The van der Waals surface area contributed by atoms with Gasteiger partial charge in [0.1, 0.15) is 11.5 Å². The Morgan fingerprint density at radius 2 is 1.80 bits per heavy atom. The summed E-state index contributed by atoms with van der Waals surface area (Å²) in [4.78, 5) is 15.2. The van der Waals surface area contributed by atoms with Crippen molar-refractivity contribution >= 4 is 5.91 Å². The van der Waals surface area contributed by atoms with Crippen molar-refractivity contribution in [2.45, 2.75) is 52.7 Å². The zero-order chi connectivity index (χ0) is 18.2. The summed E-state index contributed by atoms with van der Waals surface area (Å²) in [5.41, 5.74) is 1.21. The number of aryl methyl sites for hydroxylation is 1. The largest absolute Gasteiger partial charge is 0.475 e. The third kappa shape index (κ3) is 6.83. The fourth-order valence-corrected chi connectivity index (χ4v) is 2.40. The highest BCUT2D eigenvalue weighted by Gasteiger charge is 2.05. The van der Waals surface area contributed by atoms with E-state index in [1.807, 2.05) is 51.1 Å². The second-order valence-corrected chi connectivity index (χ2v) is 6.39. The Kier molecular flexibility index (Phi) is 6.81. The molecule has 0 spiro atoms. The second-order valence-electron chi connectivity index (χ2n) is 6.39. The molecule has 1 amide bonds. The van der Waals surface area contributed by atoms with Crippen LogP contribution < -0.4 is 14.8 Å². The zero-order valence-corrected chi connectivity index (χ0v) is 15.3. The number of hydrogen-bond donors (Lipinski definition) is 1. The number of nitrogens with zero attached hydrogens (tertiary/aromatic N) is 1. The van der Waals surface area contributed by atoms with Gasteiger partial charge in [-0.1, -0.05) is 12.1 Å². The summed E-state index contributed by atoms with van der Waals surface area (Å²) in [6, 6.07) is 11.8. The molecule has 0 saturated carbocycles. The average molecular weight is 344 g/mol. The van der Waals surface area contributed by atoms with Crippen LogP contribution in [0.2, 0.25) is 0 Å². The van der Waals surface area contributed by atoms with E-state index in [9.17, 15) is 4.79 Å². The van der Waals surface area contributed by atoms with Crippen molar-refractivity contribution < 1.29 is 15.7 Å². The van der Waals surface area contributed by atoms with E-state index >= 15 is 0 Å². The van der Waals surface area contributed by atoms with Gasteiger partial charge in [-0.15, -0.1) is 0 Å². The molecule has 0 aliphatic rings. The third-order valence-corrected chi connectivity index (χ3v) is 3.54. The average Bonchev–Trinajstić information content (AvgIpc) is 2.55. The first-order valence-corrected chi connectivity index (χ1v) is 8.59. The van der Waals surface area contributed by atoms with Crippen molar-refractivity contribution in [2.24, 2.45) is 0 Å². The molecule has 0 fully saturated rings. The molecule has 1 aromatic carbocycles. The van der Waals surface area contributed by atoms with Crippen molar-refractivity contribution in [3.8, 4) is 17.4 Å². The van der Waals surface area contributed by atoms with Crippen LogP contribution >= 0.6 is 0 Å². The number of nitrogens with one attached hydrogen (secondary N) is 1. The SMILES string of the molecule is CC(=O)NC(C)CCc1ccc(Oc2ccc(OC(C)C)nc2)cc1.[HH]. The van der Waals surface area contributed by atoms with Crippen molar-refractivity contribution in [2.75, 3.05) is 0 Å². The van der Waals surface area contributed by atoms with Crippen LogP contribution in [0.25, 0.3) is 0 Å². The number of benzene rings is 1. The van der Waals surface area contributed by atoms with Gasteiger partial charge in [-0.2, -0.15) is 0 Å². The van der Waals surface area contributed by atoms with Gasteiger partial charge >= 0.3 is 0 Å². The molecule has 1 unspecified atom stereocenters. The molecule has 0 saturated heterocycles. The summed E-state index contributed by atoms with van der Waals surface area (Å²) in [5, 5.41) is 2.89. The van der Waals surface area contributed by atoms with Crippen LogP contribution in [0.15, 0.2) is 42.6 Å². The highest BCUT2D eigenvalue weighted by atomic mass is 16.5. The van der Waals surface area contributed by atoms with E-state index < -0.39 is 0 Å². The lowest BCUT2D eigenvalue weighted by atomic mass is 10.1. The number of carbonyl (C=O) groups excluding carboxylic acids is 1. The van der Waals surface area contributed by atoms with Crippen molar-refractivity contribution in [1.29, 1.82) is 0 Å². The number of hydrogen-bond acceptors (Lipinski definition) is 4. The van der Waals surface area contributed by atoms with E-state index in [1.165, 1.54) is 5.56 Å². The molecular formula is C20H28N2O3. The molecule has 5 nitrogen and oxygen atoms in total. The molecule has 2 aromatic rings. The summed E-state index contributed by atoms with van der Waals surface area (Å²) in [5.74, 6) is 2.03. The minimum absolute atomic E-state index is 0. The number of aromatic nitrogens is 1. The summed E-state index contributed by atoms with van der Waals surface area (Å²) >= 11 is 0. The number of pyridine rings is 1. The first-order valence-electron chi connectivity index (χ1n) is 8.59. The lowest BCUT2D eigenvalue weighted by molar-refractivity contribution is -0.119. The van der Waals surface area contributed by atoms with E-state index in [0.29, 0.717) is 11.6 Å². The minimum atomic E-state index is 0. The molecule has 136 valence electrons. The van der Waals surface area contributed by atoms with E-state index in [-0.39, 0.29) is 19.5 Å². The Labute approximate surface area is 150 Å². The van der Waals surface area contributed by atoms with Crippen molar-refractivity contribution in [1.82, 2.24) is 10.3 Å². The first-order chi connectivity index (χ1) is 11.9. The van der Waals surface area contributed by atoms with Crippen LogP contribution in [0, 0.1) is 0 Å². The molecule has 25 heavy (non-hydrogen) atoms. The van der Waals surface area contributed by atoms with Crippen LogP contribution in [0.3, 0.4) is 0 Å². The standard InChI is InChI=1S/C20H26N2O3.H2/c1-14(2)24-20-12-11-19(13-21-20)25-18-9-7-17(8-10-18)6-5-15(3)22-16(4)23;/h7-15H,5-6H2,1-4H3,(H,22,23);1H. The molecule has 0 aliphatic heterocycles. The van der Waals surface area contributed by atoms with E-state index in [0.717, 1.165) is 18.6 Å². The summed E-state index contributed by atoms with van der Waals surface area (Å²) in [6.45, 7) is 7.48. The maximum Gasteiger partial charge on any atom is 0.217 e. The van der Waals surface area contributed by atoms with Crippen molar-refractivity contribution in [3.63, 3.8) is 0 Å². The van der Waals surface area contributed by atoms with Gasteiger partial charge in [0, 0.05) is 20.5 Å². The minimum Gasteiger partial charge on any atom is -0.475 e. The number of ether oxygens (including phenoxy) is 2. The predicted octanol–water partition coefficient (Wildman–Crippen LogP) is 4.36. The fourth-order valence-electron chi connectivity index (χ4n) is 2.40. The van der Waals surface area contributed by atoms with Gasteiger partial charge in [0.2, 0.25) is 11.8 Å². The molecule has 2 rings (SSSR count). The van der Waals surface area contributed by atoms with E-state index in [1.54, 1.807) is 19.2 Å². The highest BCUT2D eigenvalue weighted by molar-refractivity contribution is 5.73. The third-order valence-electron chi connectivity index (χ3n) is 3.54. The maximum absolute atomic E-state index is 11.0. The van der Waals surface area contributed by atoms with Gasteiger partial charge in [-0.05, 0) is 57.4 Å². The van der Waals surface area contributed by atoms with Gasteiger partial charge in [0.25, 0.3) is 0 Å². The zero-order valence-electron chi connectivity index (χ0n) is 15.3. The monoisotopic (exact) mass is 344 g/mol. The van der Waals surface area contributed by atoms with Gasteiger partial charge < -0.3 is 14.8 Å². The van der Waals surface area contributed by atoms with Gasteiger partial charge in [0.05, 0.1) is 12.3 Å². The second kappa shape index (κ2) is 9.06. The maximum atomic E-state index is 11.0. The van der Waals surface area contributed by atoms with Crippen LogP contribution in [-0.4, -0.2) is 23.0 Å². The topological polar surface area (TPSA) is 60.5 Å². The molecule has 0 radical (unpaired) electrons. The van der Waals surface area contributed by atoms with Crippen LogP contribution in [0.4, 0.5) is 0 Å². The summed E-state index contributed by atoms with van der Waals surface area (Å²) < 4.78 is 11.3. The van der Waals surface area contributed by atoms with E-state index in [4.69, 9.17) is 9.47 Å².